The highest BCUT2D eigenvalue weighted by Gasteiger charge is 2.18. The maximum atomic E-state index is 12.6. The fourth-order valence-electron chi connectivity index (χ4n) is 2.96. The number of methoxy groups -OCH3 is 1. The molecule has 7 nitrogen and oxygen atoms in total. The molecule has 0 spiro atoms. The van der Waals surface area contributed by atoms with Crippen molar-refractivity contribution >= 4 is 27.3 Å². The third-order valence-electron chi connectivity index (χ3n) is 4.57. The lowest BCUT2D eigenvalue weighted by atomic mass is 9.87. The van der Waals surface area contributed by atoms with Gasteiger partial charge in [-0.05, 0) is 35.2 Å². The number of hydrogen-bond donors (Lipinski definition) is 1. The summed E-state index contributed by atoms with van der Waals surface area (Å²) in [5, 5.41) is 16.2. The summed E-state index contributed by atoms with van der Waals surface area (Å²) in [4.78, 5) is 13.2. The molecule has 1 amide bonds. The summed E-state index contributed by atoms with van der Waals surface area (Å²) in [6, 6.07) is 15.2. The SMILES string of the molecule is COc1ccccc1-c1nnc2sc(NC(=O)c3ccc(C(C)(C)C)cc3)nn12. The Morgan fingerprint density at radius 2 is 1.79 bits per heavy atom. The van der Waals surface area contributed by atoms with Gasteiger partial charge in [0.15, 0.2) is 5.82 Å². The van der Waals surface area contributed by atoms with Crippen LogP contribution in [0.3, 0.4) is 0 Å². The number of nitrogens with zero attached hydrogens (tertiary/aromatic N) is 4. The van der Waals surface area contributed by atoms with Crippen LogP contribution in [0.2, 0.25) is 0 Å². The molecule has 0 aliphatic carbocycles. The molecule has 8 heteroatoms. The fraction of sp³-hybridized carbons (Fsp3) is 0.238. The van der Waals surface area contributed by atoms with Gasteiger partial charge in [-0.1, -0.05) is 56.4 Å². The van der Waals surface area contributed by atoms with E-state index in [1.54, 1.807) is 11.6 Å². The number of hydrogen-bond acceptors (Lipinski definition) is 6. The van der Waals surface area contributed by atoms with Crippen molar-refractivity contribution in [2.24, 2.45) is 0 Å². The number of ether oxygens (including phenoxy) is 1. The monoisotopic (exact) mass is 407 g/mol. The number of rotatable bonds is 4. The van der Waals surface area contributed by atoms with E-state index in [4.69, 9.17) is 4.74 Å². The van der Waals surface area contributed by atoms with E-state index in [1.807, 2.05) is 48.5 Å². The number of amides is 1. The number of para-hydroxylation sites is 1. The van der Waals surface area contributed by atoms with Crippen LogP contribution in [0.15, 0.2) is 48.5 Å². The molecule has 148 valence electrons. The number of carbonyl (C=O) groups is 1. The third-order valence-corrected chi connectivity index (χ3v) is 5.39. The highest BCUT2D eigenvalue weighted by molar-refractivity contribution is 7.20. The average Bonchev–Trinajstić information content (AvgIpc) is 3.27. The van der Waals surface area contributed by atoms with Gasteiger partial charge >= 0.3 is 0 Å². The van der Waals surface area contributed by atoms with Gasteiger partial charge < -0.3 is 4.74 Å². The Morgan fingerprint density at radius 3 is 2.48 bits per heavy atom. The second kappa shape index (κ2) is 7.29. The van der Waals surface area contributed by atoms with E-state index in [0.717, 1.165) is 5.56 Å². The van der Waals surface area contributed by atoms with Crippen molar-refractivity contribution in [3.8, 4) is 17.1 Å². The number of benzene rings is 2. The maximum Gasteiger partial charge on any atom is 0.257 e. The van der Waals surface area contributed by atoms with Crippen LogP contribution in [0.25, 0.3) is 16.3 Å². The van der Waals surface area contributed by atoms with Gasteiger partial charge in [-0.25, -0.2) is 0 Å². The van der Waals surface area contributed by atoms with Crippen molar-refractivity contribution < 1.29 is 9.53 Å². The van der Waals surface area contributed by atoms with Crippen molar-refractivity contribution in [3.05, 3.63) is 59.7 Å². The molecule has 0 aliphatic heterocycles. The van der Waals surface area contributed by atoms with Gasteiger partial charge in [-0.2, -0.15) is 4.52 Å². The maximum absolute atomic E-state index is 12.6. The molecule has 0 atom stereocenters. The lowest BCUT2D eigenvalue weighted by molar-refractivity contribution is 0.102. The van der Waals surface area contributed by atoms with Crippen molar-refractivity contribution in [1.29, 1.82) is 0 Å². The standard InChI is InChI=1S/C21H21N5O2S/c1-21(2,3)14-11-9-13(10-12-14)18(27)22-19-25-26-17(23-24-20(26)29-19)15-7-5-6-8-16(15)28-4/h5-12H,1-4H3,(H,22,25,27). The van der Waals surface area contributed by atoms with E-state index in [0.29, 0.717) is 27.2 Å². The lowest BCUT2D eigenvalue weighted by Gasteiger charge is -2.18. The minimum Gasteiger partial charge on any atom is -0.496 e. The average molecular weight is 407 g/mol. The molecular formula is C21H21N5O2S. The molecule has 0 fully saturated rings. The second-order valence-electron chi connectivity index (χ2n) is 7.61. The highest BCUT2D eigenvalue weighted by Crippen LogP contribution is 2.30. The van der Waals surface area contributed by atoms with Crippen LogP contribution >= 0.6 is 11.3 Å². The highest BCUT2D eigenvalue weighted by atomic mass is 32.1. The molecule has 4 aromatic rings. The van der Waals surface area contributed by atoms with E-state index in [9.17, 15) is 4.79 Å². The Labute approximate surface area is 172 Å². The Balaban J connectivity index is 1.59. The Hall–Kier alpha value is -3.26. The fourth-order valence-corrected chi connectivity index (χ4v) is 3.69. The summed E-state index contributed by atoms with van der Waals surface area (Å²) in [6.07, 6.45) is 0. The number of anilines is 1. The van der Waals surface area contributed by atoms with E-state index in [1.165, 1.54) is 16.9 Å². The van der Waals surface area contributed by atoms with Crippen molar-refractivity contribution in [3.63, 3.8) is 0 Å². The predicted octanol–water partition coefficient (Wildman–Crippen LogP) is 4.41. The molecule has 0 bridgehead atoms. The summed E-state index contributed by atoms with van der Waals surface area (Å²) < 4.78 is 7.02. The molecule has 0 aliphatic rings. The van der Waals surface area contributed by atoms with E-state index < -0.39 is 0 Å². The predicted molar refractivity (Wildman–Crippen MR) is 114 cm³/mol. The number of nitrogens with one attached hydrogen (secondary N) is 1. The molecule has 2 aromatic heterocycles. The lowest BCUT2D eigenvalue weighted by Crippen LogP contribution is -2.14. The Kier molecular flexibility index (Phi) is 4.79. The number of fused-ring (bicyclic) bond motifs is 1. The minimum absolute atomic E-state index is 0.0392. The third kappa shape index (κ3) is 3.71. The van der Waals surface area contributed by atoms with Gasteiger partial charge in [-0.3, -0.25) is 10.1 Å². The Bertz CT molecular complexity index is 1170. The molecule has 4 rings (SSSR count). The van der Waals surface area contributed by atoms with Crippen LogP contribution in [-0.2, 0) is 5.41 Å². The first-order chi connectivity index (χ1) is 13.9. The van der Waals surface area contributed by atoms with Crippen LogP contribution in [0.4, 0.5) is 5.13 Å². The topological polar surface area (TPSA) is 81.4 Å². The summed E-state index contributed by atoms with van der Waals surface area (Å²) in [6.45, 7) is 6.42. The molecule has 2 heterocycles. The largest absolute Gasteiger partial charge is 0.496 e. The number of carbonyl (C=O) groups excluding carboxylic acids is 1. The van der Waals surface area contributed by atoms with Gasteiger partial charge in [0, 0.05) is 5.56 Å². The van der Waals surface area contributed by atoms with Crippen LogP contribution in [0.1, 0.15) is 36.7 Å². The van der Waals surface area contributed by atoms with Crippen molar-refractivity contribution in [2.45, 2.75) is 26.2 Å². The molecule has 2 aromatic carbocycles. The first kappa shape index (κ1) is 19.1. The molecule has 0 unspecified atom stereocenters. The van der Waals surface area contributed by atoms with Crippen LogP contribution in [0, 0.1) is 0 Å². The summed E-state index contributed by atoms with van der Waals surface area (Å²) in [7, 11) is 1.61. The first-order valence-electron chi connectivity index (χ1n) is 9.14. The van der Waals surface area contributed by atoms with Crippen molar-refractivity contribution in [2.75, 3.05) is 12.4 Å². The van der Waals surface area contributed by atoms with E-state index >= 15 is 0 Å². The zero-order chi connectivity index (χ0) is 20.6. The quantitative estimate of drug-likeness (QED) is 0.542. The van der Waals surface area contributed by atoms with E-state index in [2.05, 4.69) is 41.4 Å². The van der Waals surface area contributed by atoms with Crippen molar-refractivity contribution in [1.82, 2.24) is 19.8 Å². The molecule has 0 radical (unpaired) electrons. The smallest absolute Gasteiger partial charge is 0.257 e. The number of aromatic nitrogens is 4. The zero-order valence-corrected chi connectivity index (χ0v) is 17.4. The first-order valence-corrected chi connectivity index (χ1v) is 9.96. The zero-order valence-electron chi connectivity index (χ0n) is 16.6. The summed E-state index contributed by atoms with van der Waals surface area (Å²) in [5.41, 5.74) is 2.57. The molecule has 0 saturated carbocycles. The summed E-state index contributed by atoms with van der Waals surface area (Å²) >= 11 is 1.26. The normalized spacial score (nSPS) is 11.6. The second-order valence-corrected chi connectivity index (χ2v) is 8.56. The van der Waals surface area contributed by atoms with Crippen LogP contribution in [0.5, 0.6) is 5.75 Å². The Morgan fingerprint density at radius 1 is 1.07 bits per heavy atom. The van der Waals surface area contributed by atoms with Gasteiger partial charge in [-0.15, -0.1) is 15.3 Å². The van der Waals surface area contributed by atoms with Crippen LogP contribution in [-0.4, -0.2) is 32.8 Å². The molecule has 29 heavy (non-hydrogen) atoms. The van der Waals surface area contributed by atoms with Gasteiger partial charge in [0.05, 0.1) is 12.7 Å². The summed E-state index contributed by atoms with van der Waals surface area (Å²) in [5.74, 6) is 1.03. The van der Waals surface area contributed by atoms with E-state index in [-0.39, 0.29) is 11.3 Å². The van der Waals surface area contributed by atoms with Gasteiger partial charge in [0.25, 0.3) is 5.91 Å². The molecule has 0 saturated heterocycles. The van der Waals surface area contributed by atoms with Crippen LogP contribution < -0.4 is 10.1 Å². The molecule has 1 N–H and O–H groups in total. The van der Waals surface area contributed by atoms with Gasteiger partial charge in [0.2, 0.25) is 10.1 Å². The minimum atomic E-state index is -0.214. The van der Waals surface area contributed by atoms with Gasteiger partial charge in [0.1, 0.15) is 5.75 Å². The molecular weight excluding hydrogens is 386 g/mol.